The molecule has 0 spiro atoms. The maximum atomic E-state index is 14.1. The molecule has 1 aliphatic rings. The van der Waals surface area contributed by atoms with Gasteiger partial charge in [-0.25, -0.2) is 9.79 Å². The van der Waals surface area contributed by atoms with Crippen molar-refractivity contribution in [3.63, 3.8) is 0 Å². The van der Waals surface area contributed by atoms with Gasteiger partial charge in [-0.15, -0.1) is 0 Å². The summed E-state index contributed by atoms with van der Waals surface area (Å²) in [5.74, 6) is 0.849. The van der Waals surface area contributed by atoms with Crippen LogP contribution in [0.25, 0.3) is 6.08 Å². The summed E-state index contributed by atoms with van der Waals surface area (Å²) in [4.78, 5) is 32.6. The lowest BCUT2D eigenvalue weighted by Crippen LogP contribution is -2.40. The monoisotopic (exact) mass is 854 g/mol. The predicted molar refractivity (Wildman–Crippen MR) is 190 cm³/mol. The number of para-hydroxylation sites is 1. The second-order valence-corrected chi connectivity index (χ2v) is 14.0. The highest BCUT2D eigenvalue weighted by Crippen LogP contribution is 2.36. The number of hydrogen-bond donors (Lipinski definition) is 0. The summed E-state index contributed by atoms with van der Waals surface area (Å²) in [5.41, 5.74) is 3.08. The molecule has 1 aromatic heterocycles. The fraction of sp³-hybridized carbons (Fsp3) is 0.242. The van der Waals surface area contributed by atoms with Gasteiger partial charge in [0.05, 0.1) is 35.7 Å². The number of carbonyl (C=O) groups excluding carboxylic acids is 1. The van der Waals surface area contributed by atoms with Gasteiger partial charge in [0.25, 0.3) is 5.56 Å². The zero-order valence-corrected chi connectivity index (χ0v) is 30.3. The Kier molecular flexibility index (Phi) is 10.5. The molecular weight excluding hydrogens is 826 g/mol. The SMILES string of the molecule is CCOC(=O)C1=C(C)N=c2s/c(=C\c3cc(I)c(OCc4cccc(Cl)c4)c(I)c3)c(=O)n2[C@H]1c1ccccc1OC(C)C. The van der Waals surface area contributed by atoms with Crippen LogP contribution in [0.3, 0.4) is 0 Å². The van der Waals surface area contributed by atoms with Crippen molar-refractivity contribution in [1.29, 1.82) is 0 Å². The Labute approximate surface area is 291 Å². The summed E-state index contributed by atoms with van der Waals surface area (Å²) in [7, 11) is 0. The number of carbonyl (C=O) groups is 1. The zero-order chi connectivity index (χ0) is 31.5. The quantitative estimate of drug-likeness (QED) is 0.134. The highest BCUT2D eigenvalue weighted by molar-refractivity contribution is 14.1. The van der Waals surface area contributed by atoms with Gasteiger partial charge in [-0.3, -0.25) is 9.36 Å². The molecule has 5 rings (SSSR count). The minimum Gasteiger partial charge on any atom is -0.491 e. The number of esters is 1. The molecule has 7 nitrogen and oxygen atoms in total. The first-order valence-corrected chi connectivity index (χ1v) is 17.2. The van der Waals surface area contributed by atoms with Gasteiger partial charge >= 0.3 is 5.97 Å². The Bertz CT molecular complexity index is 1930. The smallest absolute Gasteiger partial charge is 0.338 e. The van der Waals surface area contributed by atoms with E-state index in [0.29, 0.717) is 43.5 Å². The molecule has 0 aliphatic carbocycles. The Hall–Kier alpha value is -2.68. The molecule has 1 aliphatic heterocycles. The van der Waals surface area contributed by atoms with E-state index in [0.717, 1.165) is 24.0 Å². The number of halogens is 3. The van der Waals surface area contributed by atoms with Crippen LogP contribution in [0, 0.1) is 7.14 Å². The van der Waals surface area contributed by atoms with Crippen LogP contribution >= 0.6 is 68.1 Å². The molecule has 0 N–H and O–H groups in total. The summed E-state index contributed by atoms with van der Waals surface area (Å²) in [5, 5.41) is 0.662. The molecular formula is C33H29ClI2N2O5S. The summed E-state index contributed by atoms with van der Waals surface area (Å²) in [6, 6.07) is 18.2. The molecule has 0 amide bonds. The number of fused-ring (bicyclic) bond motifs is 1. The molecule has 0 bridgehead atoms. The lowest BCUT2D eigenvalue weighted by molar-refractivity contribution is -0.139. The molecule has 4 aromatic rings. The van der Waals surface area contributed by atoms with Crippen molar-refractivity contribution in [2.75, 3.05) is 6.61 Å². The first kappa shape index (κ1) is 32.7. The molecule has 11 heteroatoms. The van der Waals surface area contributed by atoms with Crippen molar-refractivity contribution in [2.24, 2.45) is 4.99 Å². The van der Waals surface area contributed by atoms with Gasteiger partial charge in [0.2, 0.25) is 0 Å². The lowest BCUT2D eigenvalue weighted by Gasteiger charge is -2.26. The van der Waals surface area contributed by atoms with Crippen LogP contribution in [0.15, 0.2) is 81.7 Å². The number of aromatic nitrogens is 1. The van der Waals surface area contributed by atoms with E-state index < -0.39 is 12.0 Å². The van der Waals surface area contributed by atoms with E-state index in [9.17, 15) is 9.59 Å². The Morgan fingerprint density at radius 1 is 1.11 bits per heavy atom. The number of allylic oxidation sites excluding steroid dienone is 1. The van der Waals surface area contributed by atoms with Gasteiger partial charge in [0.15, 0.2) is 4.80 Å². The minimum absolute atomic E-state index is 0.106. The predicted octanol–water partition coefficient (Wildman–Crippen LogP) is 7.03. The van der Waals surface area contributed by atoms with Crippen LogP contribution in [0.2, 0.25) is 5.02 Å². The van der Waals surface area contributed by atoms with E-state index in [-0.39, 0.29) is 18.3 Å². The number of rotatable bonds is 9. The molecule has 0 fully saturated rings. The van der Waals surface area contributed by atoms with Gasteiger partial charge in [-0.05, 0) is 120 Å². The third kappa shape index (κ3) is 7.08. The van der Waals surface area contributed by atoms with Crippen molar-refractivity contribution >= 4 is 80.2 Å². The second kappa shape index (κ2) is 14.2. The van der Waals surface area contributed by atoms with Crippen molar-refractivity contribution in [3.8, 4) is 11.5 Å². The number of nitrogens with zero attached hydrogens (tertiary/aromatic N) is 2. The molecule has 0 radical (unpaired) electrons. The van der Waals surface area contributed by atoms with Crippen LogP contribution in [0.5, 0.6) is 11.5 Å². The normalized spacial score (nSPS) is 14.8. The number of benzene rings is 3. The third-order valence-electron chi connectivity index (χ3n) is 6.68. The molecule has 0 unspecified atom stereocenters. The molecule has 44 heavy (non-hydrogen) atoms. The molecule has 1 atom stereocenters. The Morgan fingerprint density at radius 3 is 2.52 bits per heavy atom. The molecule has 228 valence electrons. The van der Waals surface area contributed by atoms with Crippen molar-refractivity contribution in [2.45, 2.75) is 46.4 Å². The minimum atomic E-state index is -0.759. The van der Waals surface area contributed by atoms with E-state index in [1.807, 2.05) is 80.6 Å². The number of thiazole rings is 1. The van der Waals surface area contributed by atoms with E-state index in [2.05, 4.69) is 45.2 Å². The molecule has 2 heterocycles. The fourth-order valence-corrected chi connectivity index (χ4v) is 8.27. The van der Waals surface area contributed by atoms with Crippen LogP contribution in [-0.2, 0) is 16.1 Å². The van der Waals surface area contributed by atoms with Gasteiger partial charge in [-0.2, -0.15) is 0 Å². The van der Waals surface area contributed by atoms with Crippen LogP contribution < -0.4 is 24.4 Å². The highest BCUT2D eigenvalue weighted by Gasteiger charge is 2.35. The van der Waals surface area contributed by atoms with Crippen LogP contribution in [-0.4, -0.2) is 23.2 Å². The van der Waals surface area contributed by atoms with Gasteiger partial charge in [0, 0.05) is 10.6 Å². The number of ether oxygens (including phenoxy) is 3. The van der Waals surface area contributed by atoms with Crippen LogP contribution in [0.4, 0.5) is 0 Å². The van der Waals surface area contributed by atoms with Gasteiger partial charge in [0.1, 0.15) is 24.1 Å². The van der Waals surface area contributed by atoms with E-state index in [1.54, 1.807) is 18.4 Å². The molecule has 0 saturated heterocycles. The summed E-state index contributed by atoms with van der Waals surface area (Å²) in [6.07, 6.45) is 1.75. The van der Waals surface area contributed by atoms with E-state index in [1.165, 1.54) is 11.3 Å². The first-order valence-electron chi connectivity index (χ1n) is 13.9. The highest BCUT2D eigenvalue weighted by atomic mass is 127. The second-order valence-electron chi connectivity index (χ2n) is 10.2. The first-order chi connectivity index (χ1) is 21.1. The van der Waals surface area contributed by atoms with Crippen molar-refractivity contribution in [1.82, 2.24) is 4.57 Å². The van der Waals surface area contributed by atoms with Gasteiger partial charge in [-0.1, -0.05) is 53.3 Å². The maximum absolute atomic E-state index is 14.1. The summed E-state index contributed by atoms with van der Waals surface area (Å²) < 4.78 is 21.6. The van der Waals surface area contributed by atoms with Gasteiger partial charge < -0.3 is 14.2 Å². The maximum Gasteiger partial charge on any atom is 0.338 e. The Balaban J connectivity index is 1.59. The number of hydrogen-bond acceptors (Lipinski definition) is 7. The molecule has 3 aromatic carbocycles. The average Bonchev–Trinajstić information content (AvgIpc) is 3.26. The van der Waals surface area contributed by atoms with Crippen molar-refractivity contribution < 1.29 is 19.0 Å². The van der Waals surface area contributed by atoms with E-state index >= 15 is 0 Å². The summed E-state index contributed by atoms with van der Waals surface area (Å²) in [6.45, 7) is 7.98. The fourth-order valence-electron chi connectivity index (χ4n) is 4.89. The topological polar surface area (TPSA) is 79.1 Å². The zero-order valence-electron chi connectivity index (χ0n) is 24.4. The Morgan fingerprint density at radius 2 is 1.84 bits per heavy atom. The third-order valence-corrected chi connectivity index (χ3v) is 9.50. The van der Waals surface area contributed by atoms with Crippen LogP contribution in [0.1, 0.15) is 50.4 Å². The lowest BCUT2D eigenvalue weighted by atomic mass is 9.95. The standard InChI is InChI=1S/C33H29ClI2N2O5S/c1-5-41-32(40)28-19(4)37-33-38(29(28)23-11-6-7-12-26(23)43-18(2)3)31(39)27(44-33)16-21-14-24(35)30(25(36)15-21)42-17-20-9-8-10-22(34)13-20/h6-16,18,29H,5,17H2,1-4H3/b27-16-/t29-/m0/s1. The average molecular weight is 855 g/mol. The molecule has 0 saturated carbocycles. The van der Waals surface area contributed by atoms with E-state index in [4.69, 9.17) is 30.8 Å². The summed E-state index contributed by atoms with van der Waals surface area (Å²) >= 11 is 11.9. The largest absolute Gasteiger partial charge is 0.491 e. The van der Waals surface area contributed by atoms with Crippen molar-refractivity contribution in [3.05, 3.63) is 120 Å².